The lowest BCUT2D eigenvalue weighted by Gasteiger charge is -2.38. The number of hydrogen-bond acceptors (Lipinski definition) is 5. The number of hydrogen-bond donors (Lipinski definition) is 0. The fourth-order valence-electron chi connectivity index (χ4n) is 2.79. The topological polar surface area (TPSA) is 66.4 Å². The van der Waals surface area contributed by atoms with Gasteiger partial charge in [0.2, 0.25) is 10.0 Å². The van der Waals surface area contributed by atoms with Gasteiger partial charge in [-0.15, -0.1) is 0 Å². The van der Waals surface area contributed by atoms with Gasteiger partial charge in [-0.05, 0) is 19.1 Å². The normalized spacial score (nSPS) is 20.2. The fourth-order valence-corrected chi connectivity index (χ4v) is 4.24. The summed E-state index contributed by atoms with van der Waals surface area (Å²) in [6.07, 6.45) is 2.91. The first-order valence-corrected chi connectivity index (χ1v) is 9.69. The minimum atomic E-state index is -3.19. The second-order valence-electron chi connectivity index (χ2n) is 5.65. The van der Waals surface area contributed by atoms with Crippen molar-refractivity contribution in [3.63, 3.8) is 0 Å². The predicted octanol–water partition coefficient (Wildman–Crippen LogP) is 2.41. The van der Waals surface area contributed by atoms with Crippen molar-refractivity contribution in [1.82, 2.24) is 14.3 Å². The Labute approximate surface area is 145 Å². The molecular formula is C14H16Cl2N4O2S. The molecule has 0 aliphatic carbocycles. The molecule has 0 N–H and O–H groups in total. The summed E-state index contributed by atoms with van der Waals surface area (Å²) in [6.45, 7) is 3.45. The van der Waals surface area contributed by atoms with E-state index in [2.05, 4.69) is 9.97 Å². The molecule has 1 atom stereocenters. The molecule has 0 amide bonds. The summed E-state index contributed by atoms with van der Waals surface area (Å²) in [5, 5.41) is 0.873. The van der Waals surface area contributed by atoms with Crippen LogP contribution in [0.4, 0.5) is 5.82 Å². The Hall–Kier alpha value is -1.15. The summed E-state index contributed by atoms with van der Waals surface area (Å²) in [5.74, 6) is 0.705. The van der Waals surface area contributed by atoms with Crippen molar-refractivity contribution >= 4 is 50.1 Å². The molecule has 6 nitrogen and oxygen atoms in total. The molecule has 1 aromatic carbocycles. The zero-order valence-corrected chi connectivity index (χ0v) is 15.0. The van der Waals surface area contributed by atoms with Gasteiger partial charge in [-0.25, -0.2) is 13.4 Å². The van der Waals surface area contributed by atoms with Crippen LogP contribution in [-0.2, 0) is 10.0 Å². The Bertz CT molecular complexity index is 859. The minimum absolute atomic E-state index is 0.120. The van der Waals surface area contributed by atoms with Gasteiger partial charge in [0.05, 0.1) is 33.5 Å². The van der Waals surface area contributed by atoms with Gasteiger partial charge in [0.15, 0.2) is 0 Å². The molecular weight excluding hydrogens is 359 g/mol. The van der Waals surface area contributed by atoms with Gasteiger partial charge < -0.3 is 4.90 Å². The highest BCUT2D eigenvalue weighted by atomic mass is 35.5. The van der Waals surface area contributed by atoms with Gasteiger partial charge in [0, 0.05) is 25.7 Å². The highest BCUT2D eigenvalue weighted by molar-refractivity contribution is 7.88. The molecule has 1 saturated heterocycles. The number of nitrogens with zero attached hydrogens (tertiary/aromatic N) is 4. The van der Waals surface area contributed by atoms with Gasteiger partial charge in [0.1, 0.15) is 5.82 Å². The molecule has 0 radical (unpaired) electrons. The van der Waals surface area contributed by atoms with Crippen LogP contribution in [0.3, 0.4) is 0 Å². The van der Waals surface area contributed by atoms with E-state index in [-0.39, 0.29) is 6.04 Å². The lowest BCUT2D eigenvalue weighted by Crippen LogP contribution is -2.53. The van der Waals surface area contributed by atoms with Crippen LogP contribution in [0.1, 0.15) is 6.92 Å². The molecule has 1 aliphatic rings. The van der Waals surface area contributed by atoms with Gasteiger partial charge in [0.25, 0.3) is 0 Å². The highest BCUT2D eigenvalue weighted by Gasteiger charge is 2.30. The zero-order chi connectivity index (χ0) is 16.8. The van der Waals surface area contributed by atoms with Crippen molar-refractivity contribution in [3.8, 4) is 0 Å². The molecule has 0 unspecified atom stereocenters. The van der Waals surface area contributed by atoms with Crippen molar-refractivity contribution in [1.29, 1.82) is 0 Å². The summed E-state index contributed by atoms with van der Waals surface area (Å²) in [5.41, 5.74) is 1.33. The summed E-state index contributed by atoms with van der Waals surface area (Å²) in [4.78, 5) is 11.0. The quantitative estimate of drug-likeness (QED) is 0.807. The lowest BCUT2D eigenvalue weighted by atomic mass is 10.2. The Balaban J connectivity index is 1.88. The molecule has 23 heavy (non-hydrogen) atoms. The van der Waals surface area contributed by atoms with E-state index in [0.717, 1.165) is 0 Å². The number of piperazine rings is 1. The first kappa shape index (κ1) is 16.7. The van der Waals surface area contributed by atoms with Crippen molar-refractivity contribution < 1.29 is 8.42 Å². The second kappa shape index (κ2) is 6.05. The van der Waals surface area contributed by atoms with E-state index in [9.17, 15) is 8.42 Å². The second-order valence-corrected chi connectivity index (χ2v) is 8.40. The van der Waals surface area contributed by atoms with E-state index >= 15 is 0 Å². The molecule has 0 saturated carbocycles. The summed E-state index contributed by atoms with van der Waals surface area (Å²) >= 11 is 12.0. The Kier molecular flexibility index (Phi) is 4.39. The number of halogens is 2. The van der Waals surface area contributed by atoms with E-state index in [1.165, 1.54) is 10.6 Å². The Morgan fingerprint density at radius 3 is 2.43 bits per heavy atom. The summed E-state index contributed by atoms with van der Waals surface area (Å²) < 4.78 is 25.0. The van der Waals surface area contributed by atoms with Gasteiger partial charge in [-0.1, -0.05) is 23.2 Å². The van der Waals surface area contributed by atoms with E-state index in [0.29, 0.717) is 46.5 Å². The van der Waals surface area contributed by atoms with Crippen LogP contribution in [0.25, 0.3) is 11.0 Å². The smallest absolute Gasteiger partial charge is 0.211 e. The summed E-state index contributed by atoms with van der Waals surface area (Å²) in [7, 11) is -3.19. The van der Waals surface area contributed by atoms with E-state index < -0.39 is 10.0 Å². The molecule has 2 heterocycles. The van der Waals surface area contributed by atoms with Crippen molar-refractivity contribution in [3.05, 3.63) is 28.4 Å². The van der Waals surface area contributed by atoms with E-state index in [1.807, 2.05) is 11.8 Å². The molecule has 0 bridgehead atoms. The van der Waals surface area contributed by atoms with Crippen molar-refractivity contribution in [2.24, 2.45) is 0 Å². The Morgan fingerprint density at radius 2 is 1.83 bits per heavy atom. The first-order chi connectivity index (χ1) is 10.8. The van der Waals surface area contributed by atoms with Crippen LogP contribution in [0.5, 0.6) is 0 Å². The van der Waals surface area contributed by atoms with Gasteiger partial charge in [-0.2, -0.15) is 4.31 Å². The molecule has 2 aromatic rings. The minimum Gasteiger partial charge on any atom is -0.352 e. The van der Waals surface area contributed by atoms with Crippen LogP contribution in [0, 0.1) is 0 Å². The summed E-state index contributed by atoms with van der Waals surface area (Å²) in [6, 6.07) is 3.25. The van der Waals surface area contributed by atoms with Crippen molar-refractivity contribution in [2.45, 2.75) is 13.0 Å². The largest absolute Gasteiger partial charge is 0.352 e. The third-order valence-electron chi connectivity index (χ3n) is 3.89. The maximum atomic E-state index is 11.7. The van der Waals surface area contributed by atoms with Gasteiger partial charge >= 0.3 is 0 Å². The predicted molar refractivity (Wildman–Crippen MR) is 92.8 cm³/mol. The number of aromatic nitrogens is 2. The number of sulfonamides is 1. The number of rotatable bonds is 2. The number of anilines is 1. The molecule has 1 aliphatic heterocycles. The monoisotopic (exact) mass is 374 g/mol. The van der Waals surface area contributed by atoms with Crippen LogP contribution >= 0.6 is 23.2 Å². The van der Waals surface area contributed by atoms with Crippen LogP contribution < -0.4 is 4.90 Å². The maximum absolute atomic E-state index is 11.7. The van der Waals surface area contributed by atoms with Crippen LogP contribution in [0.15, 0.2) is 18.3 Å². The standard InChI is InChI=1S/C14H16Cl2N4O2S/c1-9-8-19(3-4-20(9)23(2,21)22)14-7-17-12-5-10(15)11(16)6-13(12)18-14/h5-7,9H,3-4,8H2,1-2H3/t9-/m0/s1. The zero-order valence-electron chi connectivity index (χ0n) is 12.7. The average Bonchev–Trinajstić information content (AvgIpc) is 2.46. The number of benzene rings is 1. The fraction of sp³-hybridized carbons (Fsp3) is 0.429. The third kappa shape index (κ3) is 3.38. The number of fused-ring (bicyclic) bond motifs is 1. The van der Waals surface area contributed by atoms with E-state index in [1.54, 1.807) is 18.3 Å². The molecule has 9 heteroatoms. The van der Waals surface area contributed by atoms with Crippen molar-refractivity contribution in [2.75, 3.05) is 30.8 Å². The molecule has 124 valence electrons. The van der Waals surface area contributed by atoms with Crippen LogP contribution in [0.2, 0.25) is 10.0 Å². The molecule has 1 aromatic heterocycles. The maximum Gasteiger partial charge on any atom is 0.211 e. The van der Waals surface area contributed by atoms with Gasteiger partial charge in [-0.3, -0.25) is 4.98 Å². The lowest BCUT2D eigenvalue weighted by molar-refractivity contribution is 0.308. The average molecular weight is 375 g/mol. The van der Waals surface area contributed by atoms with E-state index in [4.69, 9.17) is 23.2 Å². The SMILES string of the molecule is C[C@H]1CN(c2cnc3cc(Cl)c(Cl)cc3n2)CCN1S(C)(=O)=O. The highest BCUT2D eigenvalue weighted by Crippen LogP contribution is 2.27. The van der Waals surface area contributed by atoms with Crippen LogP contribution in [-0.4, -0.2) is 54.6 Å². The molecule has 3 rings (SSSR count). The first-order valence-electron chi connectivity index (χ1n) is 7.09. The third-order valence-corrected chi connectivity index (χ3v) is 6.00. The molecule has 0 spiro atoms. The molecule has 1 fully saturated rings. The Morgan fingerprint density at radius 1 is 1.17 bits per heavy atom.